The highest BCUT2D eigenvalue weighted by Gasteiger charge is 2.07. The van der Waals surface area contributed by atoms with E-state index in [0.29, 0.717) is 11.4 Å². The number of nitrogens with two attached hydrogens (primary N) is 1. The summed E-state index contributed by atoms with van der Waals surface area (Å²) >= 11 is 0. The highest BCUT2D eigenvalue weighted by Crippen LogP contribution is 2.12. The van der Waals surface area contributed by atoms with Crippen molar-refractivity contribution in [3.63, 3.8) is 0 Å². The van der Waals surface area contributed by atoms with Crippen LogP contribution in [0.5, 0.6) is 5.75 Å². The van der Waals surface area contributed by atoms with E-state index >= 15 is 0 Å². The maximum Gasteiger partial charge on any atom is 0.321 e. The number of urea groups is 1. The van der Waals surface area contributed by atoms with Gasteiger partial charge >= 0.3 is 6.03 Å². The fraction of sp³-hybridized carbons (Fsp3) is 0.167. The molecule has 96 valence electrons. The lowest BCUT2D eigenvalue weighted by atomic mass is 10.3. The van der Waals surface area contributed by atoms with Crippen molar-refractivity contribution >= 4 is 17.6 Å². The molecule has 0 aliphatic carbocycles. The van der Waals surface area contributed by atoms with Crippen LogP contribution in [0.1, 0.15) is 0 Å². The van der Waals surface area contributed by atoms with Crippen LogP contribution < -0.4 is 21.1 Å². The van der Waals surface area contributed by atoms with Crippen LogP contribution in [0.2, 0.25) is 0 Å². The van der Waals surface area contributed by atoms with E-state index in [1.54, 1.807) is 24.3 Å². The summed E-state index contributed by atoms with van der Waals surface area (Å²) in [6.45, 7) is 3.48. The first-order chi connectivity index (χ1) is 8.61. The molecule has 1 aromatic rings. The van der Waals surface area contributed by atoms with E-state index in [1.807, 2.05) is 0 Å². The van der Waals surface area contributed by atoms with E-state index in [2.05, 4.69) is 17.2 Å². The lowest BCUT2D eigenvalue weighted by molar-refractivity contribution is -0.122. The van der Waals surface area contributed by atoms with Crippen molar-refractivity contribution in [2.24, 2.45) is 0 Å². The summed E-state index contributed by atoms with van der Waals surface area (Å²) in [5.41, 5.74) is 6.11. The molecule has 0 aromatic heterocycles. The van der Waals surface area contributed by atoms with Crippen LogP contribution in [-0.2, 0) is 4.79 Å². The number of anilines is 1. The number of amides is 3. The minimum absolute atomic E-state index is 0.245. The fourth-order valence-corrected chi connectivity index (χ4v) is 1.08. The Bertz CT molecular complexity index is 429. The molecule has 0 fully saturated rings. The molecule has 0 radical (unpaired) electrons. The van der Waals surface area contributed by atoms with Crippen molar-refractivity contribution in [3.8, 4) is 5.75 Å². The van der Waals surface area contributed by atoms with Crippen LogP contribution >= 0.6 is 0 Å². The zero-order chi connectivity index (χ0) is 13.4. The average Bonchev–Trinajstić information content (AvgIpc) is 2.35. The van der Waals surface area contributed by atoms with E-state index in [4.69, 9.17) is 10.5 Å². The number of carbonyl (C=O) groups excluding carboxylic acids is 2. The SMILES string of the molecule is C=CCNC(=O)NC(=O)COc1ccc(N)cc1. The third kappa shape index (κ3) is 5.02. The summed E-state index contributed by atoms with van der Waals surface area (Å²) in [5.74, 6) is -0.0285. The molecule has 0 saturated carbocycles. The lowest BCUT2D eigenvalue weighted by Gasteiger charge is -2.07. The van der Waals surface area contributed by atoms with E-state index in [9.17, 15) is 9.59 Å². The number of rotatable bonds is 5. The van der Waals surface area contributed by atoms with Crippen molar-refractivity contribution in [1.82, 2.24) is 10.6 Å². The van der Waals surface area contributed by atoms with E-state index in [-0.39, 0.29) is 13.2 Å². The predicted octanol–water partition coefficient (Wildman–Crippen LogP) is 0.659. The maximum absolute atomic E-state index is 11.3. The van der Waals surface area contributed by atoms with Crippen LogP contribution in [0.15, 0.2) is 36.9 Å². The summed E-state index contributed by atoms with van der Waals surface area (Å²) in [7, 11) is 0. The number of nitrogen functional groups attached to an aromatic ring is 1. The molecular formula is C12H15N3O3. The summed E-state index contributed by atoms with van der Waals surface area (Å²) in [6, 6.07) is 6.01. The quantitative estimate of drug-likeness (QED) is 0.528. The van der Waals surface area contributed by atoms with Crippen LogP contribution in [0.3, 0.4) is 0 Å². The molecule has 0 heterocycles. The first kappa shape index (κ1) is 13.6. The second-order valence-electron chi connectivity index (χ2n) is 3.40. The molecule has 0 saturated heterocycles. The number of imide groups is 1. The van der Waals surface area contributed by atoms with Crippen molar-refractivity contribution in [1.29, 1.82) is 0 Å². The van der Waals surface area contributed by atoms with Gasteiger partial charge in [-0.2, -0.15) is 0 Å². The second kappa shape index (κ2) is 6.95. The Kier molecular flexibility index (Phi) is 5.24. The monoisotopic (exact) mass is 249 g/mol. The Morgan fingerprint density at radius 3 is 2.61 bits per heavy atom. The van der Waals surface area contributed by atoms with Crippen LogP contribution in [0.25, 0.3) is 0 Å². The van der Waals surface area contributed by atoms with Gasteiger partial charge in [-0.3, -0.25) is 10.1 Å². The molecule has 0 atom stereocenters. The molecule has 0 unspecified atom stereocenters. The zero-order valence-electron chi connectivity index (χ0n) is 9.81. The highest BCUT2D eigenvalue weighted by molar-refractivity contribution is 5.95. The van der Waals surface area contributed by atoms with E-state index in [1.165, 1.54) is 6.08 Å². The van der Waals surface area contributed by atoms with Gasteiger partial charge in [0.15, 0.2) is 6.61 Å². The fourth-order valence-electron chi connectivity index (χ4n) is 1.08. The number of benzene rings is 1. The summed E-state index contributed by atoms with van der Waals surface area (Å²) in [4.78, 5) is 22.4. The van der Waals surface area contributed by atoms with Crippen molar-refractivity contribution in [2.45, 2.75) is 0 Å². The number of nitrogens with one attached hydrogen (secondary N) is 2. The van der Waals surface area contributed by atoms with Gasteiger partial charge in [-0.25, -0.2) is 4.79 Å². The molecule has 0 bridgehead atoms. The van der Waals surface area contributed by atoms with E-state index < -0.39 is 11.9 Å². The first-order valence-electron chi connectivity index (χ1n) is 5.28. The lowest BCUT2D eigenvalue weighted by Crippen LogP contribution is -2.41. The van der Waals surface area contributed by atoms with Crippen LogP contribution in [-0.4, -0.2) is 25.1 Å². The van der Waals surface area contributed by atoms with Crippen LogP contribution in [0.4, 0.5) is 10.5 Å². The molecular weight excluding hydrogens is 234 g/mol. The summed E-state index contributed by atoms with van der Waals surface area (Å²) in [5, 5.41) is 4.52. The Morgan fingerprint density at radius 2 is 2.00 bits per heavy atom. The summed E-state index contributed by atoms with van der Waals surface area (Å²) in [6.07, 6.45) is 1.51. The maximum atomic E-state index is 11.3. The molecule has 1 aromatic carbocycles. The molecule has 6 heteroatoms. The van der Waals surface area contributed by atoms with Gasteiger partial charge in [0.25, 0.3) is 5.91 Å². The molecule has 0 aliphatic heterocycles. The van der Waals surface area contributed by atoms with Crippen molar-refractivity contribution in [3.05, 3.63) is 36.9 Å². The van der Waals surface area contributed by atoms with Crippen molar-refractivity contribution in [2.75, 3.05) is 18.9 Å². The first-order valence-corrected chi connectivity index (χ1v) is 5.28. The Labute approximate surface area is 105 Å². The van der Waals surface area contributed by atoms with Crippen molar-refractivity contribution < 1.29 is 14.3 Å². The van der Waals surface area contributed by atoms with Gasteiger partial charge in [0, 0.05) is 12.2 Å². The smallest absolute Gasteiger partial charge is 0.321 e. The minimum Gasteiger partial charge on any atom is -0.484 e. The van der Waals surface area contributed by atoms with E-state index in [0.717, 1.165) is 0 Å². The Hall–Kier alpha value is -2.50. The van der Waals surface area contributed by atoms with Gasteiger partial charge < -0.3 is 15.8 Å². The number of hydrogen-bond acceptors (Lipinski definition) is 4. The Balaban J connectivity index is 2.30. The third-order valence-electron chi connectivity index (χ3n) is 1.91. The predicted molar refractivity (Wildman–Crippen MR) is 68.1 cm³/mol. The number of hydrogen-bond donors (Lipinski definition) is 3. The largest absolute Gasteiger partial charge is 0.484 e. The molecule has 1 rings (SSSR count). The zero-order valence-corrected chi connectivity index (χ0v) is 9.81. The normalized spacial score (nSPS) is 9.33. The Morgan fingerprint density at radius 1 is 1.33 bits per heavy atom. The van der Waals surface area contributed by atoms with Gasteiger partial charge in [-0.1, -0.05) is 6.08 Å². The van der Waals surface area contributed by atoms with Gasteiger partial charge in [-0.05, 0) is 24.3 Å². The van der Waals surface area contributed by atoms with Gasteiger partial charge in [0.05, 0.1) is 0 Å². The minimum atomic E-state index is -0.583. The molecule has 6 nitrogen and oxygen atoms in total. The molecule has 3 amide bonds. The second-order valence-corrected chi connectivity index (χ2v) is 3.40. The standard InChI is InChI=1S/C12H15N3O3/c1-2-7-14-12(17)15-11(16)8-18-10-5-3-9(13)4-6-10/h2-6H,1,7-8,13H2,(H2,14,15,16,17). The molecule has 0 spiro atoms. The highest BCUT2D eigenvalue weighted by atomic mass is 16.5. The summed E-state index contributed by atoms with van der Waals surface area (Å²) < 4.78 is 5.16. The topological polar surface area (TPSA) is 93.5 Å². The van der Waals surface area contributed by atoms with Gasteiger partial charge in [0.1, 0.15) is 5.75 Å². The number of carbonyl (C=O) groups is 2. The molecule has 0 aliphatic rings. The molecule has 4 N–H and O–H groups in total. The third-order valence-corrected chi connectivity index (χ3v) is 1.91. The van der Waals surface area contributed by atoms with Gasteiger partial charge in [0.2, 0.25) is 0 Å². The molecule has 18 heavy (non-hydrogen) atoms. The number of ether oxygens (including phenoxy) is 1. The van der Waals surface area contributed by atoms with Gasteiger partial charge in [-0.15, -0.1) is 6.58 Å². The average molecular weight is 249 g/mol. The van der Waals surface area contributed by atoms with Crippen LogP contribution in [0, 0.1) is 0 Å².